The predicted octanol–water partition coefficient (Wildman–Crippen LogP) is 3.67. The Morgan fingerprint density at radius 3 is 2.74 bits per heavy atom. The van der Waals surface area contributed by atoms with Gasteiger partial charge in [0.05, 0.1) is 0 Å². The van der Waals surface area contributed by atoms with Gasteiger partial charge < -0.3 is 10.2 Å². The van der Waals surface area contributed by atoms with Crippen molar-refractivity contribution in [2.45, 2.75) is 44.9 Å². The van der Waals surface area contributed by atoms with E-state index in [0.29, 0.717) is 11.8 Å². The summed E-state index contributed by atoms with van der Waals surface area (Å²) in [5.41, 5.74) is 8.59. The summed E-state index contributed by atoms with van der Waals surface area (Å²) >= 11 is 0. The minimum absolute atomic E-state index is 0.441. The Bertz CT molecular complexity index is 571. The van der Waals surface area contributed by atoms with Crippen LogP contribution in [0.25, 0.3) is 11.5 Å². The highest BCUT2D eigenvalue weighted by Crippen LogP contribution is 2.33. The van der Waals surface area contributed by atoms with Crippen LogP contribution in [0.4, 0.5) is 5.69 Å². The van der Waals surface area contributed by atoms with Crippen LogP contribution in [0.15, 0.2) is 22.6 Å². The predicted molar refractivity (Wildman–Crippen MR) is 74.7 cm³/mol. The Balaban J connectivity index is 1.89. The molecule has 4 nitrogen and oxygen atoms in total. The molecule has 0 unspecified atom stereocenters. The molecule has 0 bridgehead atoms. The Hall–Kier alpha value is -1.84. The van der Waals surface area contributed by atoms with E-state index in [0.717, 1.165) is 35.5 Å². The molecule has 1 aliphatic carbocycles. The van der Waals surface area contributed by atoms with Crippen molar-refractivity contribution in [3.8, 4) is 11.5 Å². The molecule has 1 fully saturated rings. The van der Waals surface area contributed by atoms with Crippen molar-refractivity contribution in [2.24, 2.45) is 0 Å². The average Bonchev–Trinajstić information content (AvgIpc) is 2.92. The van der Waals surface area contributed by atoms with Gasteiger partial charge in [-0.1, -0.05) is 25.3 Å². The van der Waals surface area contributed by atoms with Crippen molar-refractivity contribution in [2.75, 3.05) is 5.73 Å². The smallest absolute Gasteiger partial charge is 0.248 e. The number of anilines is 1. The van der Waals surface area contributed by atoms with Crippen LogP contribution in [-0.2, 0) is 0 Å². The van der Waals surface area contributed by atoms with Crippen LogP contribution in [0, 0.1) is 6.92 Å². The Kier molecular flexibility index (Phi) is 3.23. The molecule has 0 aliphatic heterocycles. The van der Waals surface area contributed by atoms with Crippen LogP contribution >= 0.6 is 0 Å². The Morgan fingerprint density at radius 1 is 1.16 bits per heavy atom. The van der Waals surface area contributed by atoms with E-state index in [4.69, 9.17) is 10.2 Å². The number of aromatic nitrogens is 2. The number of nitrogen functional groups attached to an aromatic ring is 1. The van der Waals surface area contributed by atoms with Crippen molar-refractivity contribution in [1.82, 2.24) is 10.2 Å². The van der Waals surface area contributed by atoms with Crippen LogP contribution < -0.4 is 5.73 Å². The molecule has 0 amide bonds. The molecule has 0 atom stereocenters. The molecule has 4 heteroatoms. The fraction of sp³-hybridized carbons (Fsp3) is 0.467. The Labute approximate surface area is 113 Å². The molecule has 19 heavy (non-hydrogen) atoms. The van der Waals surface area contributed by atoms with E-state index in [1.54, 1.807) is 0 Å². The minimum Gasteiger partial charge on any atom is -0.420 e. The fourth-order valence-corrected chi connectivity index (χ4v) is 2.73. The molecule has 1 aromatic heterocycles. The highest BCUT2D eigenvalue weighted by molar-refractivity contribution is 5.63. The molecule has 3 rings (SSSR count). The first-order valence-corrected chi connectivity index (χ1v) is 6.94. The van der Waals surface area contributed by atoms with E-state index >= 15 is 0 Å². The number of nitrogens with zero attached hydrogens (tertiary/aromatic N) is 2. The maximum atomic E-state index is 5.87. The van der Waals surface area contributed by atoms with Crippen molar-refractivity contribution in [1.29, 1.82) is 0 Å². The topological polar surface area (TPSA) is 64.9 Å². The third-order valence-corrected chi connectivity index (χ3v) is 3.89. The Morgan fingerprint density at radius 2 is 1.95 bits per heavy atom. The largest absolute Gasteiger partial charge is 0.420 e. The summed E-state index contributed by atoms with van der Waals surface area (Å²) in [6.45, 7) is 2.03. The van der Waals surface area contributed by atoms with Gasteiger partial charge in [-0.05, 0) is 37.5 Å². The quantitative estimate of drug-likeness (QED) is 0.833. The van der Waals surface area contributed by atoms with Gasteiger partial charge in [0, 0.05) is 17.2 Å². The second-order valence-electron chi connectivity index (χ2n) is 5.35. The van der Waals surface area contributed by atoms with Crippen LogP contribution in [0.5, 0.6) is 0 Å². The second-order valence-corrected chi connectivity index (χ2v) is 5.35. The van der Waals surface area contributed by atoms with Gasteiger partial charge in [0.2, 0.25) is 11.8 Å². The van der Waals surface area contributed by atoms with E-state index in [-0.39, 0.29) is 0 Å². The van der Waals surface area contributed by atoms with Crippen LogP contribution in [0.3, 0.4) is 0 Å². The molecule has 0 saturated heterocycles. The van der Waals surface area contributed by atoms with E-state index in [9.17, 15) is 0 Å². The first-order chi connectivity index (χ1) is 9.24. The molecule has 2 aromatic rings. The van der Waals surface area contributed by atoms with Crippen LogP contribution in [0.2, 0.25) is 0 Å². The molecule has 1 aromatic carbocycles. The molecule has 0 radical (unpaired) electrons. The summed E-state index contributed by atoms with van der Waals surface area (Å²) in [7, 11) is 0. The molecular formula is C15H19N3O. The fourth-order valence-electron chi connectivity index (χ4n) is 2.73. The van der Waals surface area contributed by atoms with Crippen molar-refractivity contribution in [3.05, 3.63) is 29.7 Å². The summed E-state index contributed by atoms with van der Waals surface area (Å²) in [6.07, 6.45) is 6.18. The number of benzene rings is 1. The minimum atomic E-state index is 0.441. The van der Waals surface area contributed by atoms with Gasteiger partial charge in [0.1, 0.15) is 0 Å². The summed E-state index contributed by atoms with van der Waals surface area (Å²) in [4.78, 5) is 0. The van der Waals surface area contributed by atoms with Gasteiger partial charge in [-0.25, -0.2) is 0 Å². The van der Waals surface area contributed by atoms with Gasteiger partial charge in [0.15, 0.2) is 0 Å². The van der Waals surface area contributed by atoms with E-state index in [2.05, 4.69) is 10.2 Å². The van der Waals surface area contributed by atoms with Gasteiger partial charge in [0.25, 0.3) is 0 Å². The third-order valence-electron chi connectivity index (χ3n) is 3.89. The molecule has 2 N–H and O–H groups in total. The lowest BCUT2D eigenvalue weighted by atomic mass is 9.89. The molecule has 100 valence electrons. The lowest BCUT2D eigenvalue weighted by Crippen LogP contribution is -2.04. The molecule has 1 aliphatic rings. The molecule has 1 saturated carbocycles. The van der Waals surface area contributed by atoms with Gasteiger partial charge >= 0.3 is 0 Å². The zero-order chi connectivity index (χ0) is 13.2. The standard InChI is InChI=1S/C15H19N3O/c1-10-7-8-12(16)9-13(10)15-18-17-14(19-15)11-5-3-2-4-6-11/h7-9,11H,2-6,16H2,1H3. The number of hydrogen-bond donors (Lipinski definition) is 1. The zero-order valence-corrected chi connectivity index (χ0v) is 11.2. The summed E-state index contributed by atoms with van der Waals surface area (Å²) in [5.74, 6) is 1.82. The van der Waals surface area contributed by atoms with Crippen molar-refractivity contribution in [3.63, 3.8) is 0 Å². The van der Waals surface area contributed by atoms with Gasteiger partial charge in [-0.2, -0.15) is 0 Å². The van der Waals surface area contributed by atoms with Crippen LogP contribution in [-0.4, -0.2) is 10.2 Å². The number of aryl methyl sites for hydroxylation is 1. The lowest BCUT2D eigenvalue weighted by molar-refractivity contribution is 0.367. The average molecular weight is 257 g/mol. The lowest BCUT2D eigenvalue weighted by Gasteiger charge is -2.17. The van der Waals surface area contributed by atoms with E-state index < -0.39 is 0 Å². The summed E-state index contributed by atoms with van der Waals surface area (Å²) < 4.78 is 5.87. The normalized spacial score (nSPS) is 16.7. The second kappa shape index (κ2) is 5.03. The highest BCUT2D eigenvalue weighted by atomic mass is 16.4. The first-order valence-electron chi connectivity index (χ1n) is 6.94. The van der Waals surface area contributed by atoms with E-state index in [1.807, 2.05) is 25.1 Å². The maximum Gasteiger partial charge on any atom is 0.248 e. The SMILES string of the molecule is Cc1ccc(N)cc1-c1nnc(C2CCCCC2)o1. The van der Waals surface area contributed by atoms with Gasteiger partial charge in [-0.3, -0.25) is 0 Å². The van der Waals surface area contributed by atoms with E-state index in [1.165, 1.54) is 19.3 Å². The number of rotatable bonds is 2. The molecular weight excluding hydrogens is 238 g/mol. The number of hydrogen-bond acceptors (Lipinski definition) is 4. The highest BCUT2D eigenvalue weighted by Gasteiger charge is 2.22. The number of nitrogens with two attached hydrogens (primary N) is 1. The molecule has 1 heterocycles. The summed E-state index contributed by atoms with van der Waals surface area (Å²) in [6, 6.07) is 5.76. The molecule has 0 spiro atoms. The van der Waals surface area contributed by atoms with Gasteiger partial charge in [-0.15, -0.1) is 10.2 Å². The van der Waals surface area contributed by atoms with Crippen molar-refractivity contribution >= 4 is 5.69 Å². The van der Waals surface area contributed by atoms with Crippen LogP contribution in [0.1, 0.15) is 49.5 Å². The first kappa shape index (κ1) is 12.2. The van der Waals surface area contributed by atoms with Crippen molar-refractivity contribution < 1.29 is 4.42 Å². The third kappa shape index (κ3) is 2.48. The summed E-state index contributed by atoms with van der Waals surface area (Å²) in [5, 5.41) is 8.42. The zero-order valence-electron chi connectivity index (χ0n) is 11.2. The monoisotopic (exact) mass is 257 g/mol. The maximum absolute atomic E-state index is 5.87.